The van der Waals surface area contributed by atoms with Gasteiger partial charge in [-0.05, 0) is 50.0 Å². The summed E-state index contributed by atoms with van der Waals surface area (Å²) in [5.41, 5.74) is 0.940. The predicted octanol–water partition coefficient (Wildman–Crippen LogP) is 3.31. The van der Waals surface area contributed by atoms with Crippen LogP contribution >= 0.6 is 11.6 Å². The van der Waals surface area contributed by atoms with Crippen molar-refractivity contribution < 1.29 is 4.39 Å². The molecule has 1 unspecified atom stereocenters. The molecule has 0 saturated carbocycles. The molecule has 100 valence electrons. The Morgan fingerprint density at radius 2 is 2.33 bits per heavy atom. The van der Waals surface area contributed by atoms with Crippen molar-refractivity contribution in [3.63, 3.8) is 0 Å². The van der Waals surface area contributed by atoms with Gasteiger partial charge in [0.1, 0.15) is 5.82 Å². The third kappa shape index (κ3) is 3.36. The van der Waals surface area contributed by atoms with Crippen molar-refractivity contribution in [1.82, 2.24) is 5.32 Å². The maximum atomic E-state index is 13.4. The summed E-state index contributed by atoms with van der Waals surface area (Å²) in [6, 6.07) is 5.06. The molecule has 1 heterocycles. The third-order valence-electron chi connectivity index (χ3n) is 3.41. The Morgan fingerprint density at radius 1 is 1.50 bits per heavy atom. The lowest BCUT2D eigenvalue weighted by Gasteiger charge is -2.19. The molecule has 0 radical (unpaired) electrons. The number of hydrogen-bond donors (Lipinski definition) is 1. The van der Waals surface area contributed by atoms with Gasteiger partial charge in [0.05, 0.1) is 5.02 Å². The zero-order valence-corrected chi connectivity index (χ0v) is 11.5. The van der Waals surface area contributed by atoms with Gasteiger partial charge >= 0.3 is 0 Å². The van der Waals surface area contributed by atoms with E-state index < -0.39 is 0 Å². The first-order valence-electron chi connectivity index (χ1n) is 6.61. The number of benzene rings is 1. The highest BCUT2D eigenvalue weighted by molar-refractivity contribution is 6.30. The molecule has 1 N–H and O–H groups in total. The quantitative estimate of drug-likeness (QED) is 0.826. The van der Waals surface area contributed by atoms with Crippen molar-refractivity contribution >= 4 is 17.3 Å². The Balaban J connectivity index is 1.89. The van der Waals surface area contributed by atoms with E-state index >= 15 is 0 Å². The average molecular weight is 271 g/mol. The highest BCUT2D eigenvalue weighted by Gasteiger charge is 2.22. The van der Waals surface area contributed by atoms with E-state index in [1.165, 1.54) is 18.9 Å². The molecule has 1 fully saturated rings. The molecule has 2 rings (SSSR count). The number of rotatable bonds is 5. The van der Waals surface area contributed by atoms with Gasteiger partial charge in [0, 0.05) is 18.8 Å². The van der Waals surface area contributed by atoms with Crippen molar-refractivity contribution in [3.05, 3.63) is 29.0 Å². The zero-order chi connectivity index (χ0) is 13.0. The Morgan fingerprint density at radius 3 is 3.06 bits per heavy atom. The SMILES string of the molecule is CCCNCC1CCN(c2ccc(Cl)c(F)c2)C1. The molecular weight excluding hydrogens is 251 g/mol. The first kappa shape index (κ1) is 13.6. The average Bonchev–Trinajstić information content (AvgIpc) is 2.82. The molecule has 0 bridgehead atoms. The minimum Gasteiger partial charge on any atom is -0.371 e. The standard InChI is InChI=1S/C14H20ClFN2/c1-2-6-17-9-11-5-7-18(10-11)12-3-4-13(15)14(16)8-12/h3-4,8,11,17H,2,5-7,9-10H2,1H3. The van der Waals surface area contributed by atoms with Gasteiger partial charge in [-0.15, -0.1) is 0 Å². The first-order chi connectivity index (χ1) is 8.70. The van der Waals surface area contributed by atoms with Crippen LogP contribution in [0.2, 0.25) is 5.02 Å². The van der Waals surface area contributed by atoms with Crippen LogP contribution in [0.5, 0.6) is 0 Å². The molecular formula is C14H20ClFN2. The summed E-state index contributed by atoms with van der Waals surface area (Å²) in [5.74, 6) is 0.331. The molecule has 4 heteroatoms. The fourth-order valence-corrected chi connectivity index (χ4v) is 2.52. The van der Waals surface area contributed by atoms with Crippen LogP contribution in [0.25, 0.3) is 0 Å². The second kappa shape index (κ2) is 6.39. The van der Waals surface area contributed by atoms with Crippen LogP contribution < -0.4 is 10.2 Å². The summed E-state index contributed by atoms with van der Waals surface area (Å²) in [6.45, 7) is 6.30. The first-order valence-corrected chi connectivity index (χ1v) is 6.99. The van der Waals surface area contributed by atoms with Crippen molar-refractivity contribution in [2.75, 3.05) is 31.1 Å². The van der Waals surface area contributed by atoms with Gasteiger partial charge in [-0.25, -0.2) is 4.39 Å². The number of halogens is 2. The highest BCUT2D eigenvalue weighted by atomic mass is 35.5. The minimum absolute atomic E-state index is 0.194. The molecule has 1 saturated heterocycles. The van der Waals surface area contributed by atoms with Crippen LogP contribution in [0.1, 0.15) is 19.8 Å². The maximum absolute atomic E-state index is 13.4. The van der Waals surface area contributed by atoms with Crippen LogP contribution in [0.3, 0.4) is 0 Å². The highest BCUT2D eigenvalue weighted by Crippen LogP contribution is 2.26. The summed E-state index contributed by atoms with van der Waals surface area (Å²) in [4.78, 5) is 2.23. The van der Waals surface area contributed by atoms with Gasteiger partial charge in [0.15, 0.2) is 0 Å². The molecule has 18 heavy (non-hydrogen) atoms. The van der Waals surface area contributed by atoms with Crippen molar-refractivity contribution in [3.8, 4) is 0 Å². The lowest BCUT2D eigenvalue weighted by Crippen LogP contribution is -2.26. The monoisotopic (exact) mass is 270 g/mol. The van der Waals surface area contributed by atoms with Crippen molar-refractivity contribution in [2.24, 2.45) is 5.92 Å². The smallest absolute Gasteiger partial charge is 0.143 e. The second-order valence-corrected chi connectivity index (χ2v) is 5.31. The fourth-order valence-electron chi connectivity index (χ4n) is 2.40. The number of anilines is 1. The van der Waals surface area contributed by atoms with E-state index in [2.05, 4.69) is 17.1 Å². The van der Waals surface area contributed by atoms with Gasteiger partial charge in [-0.1, -0.05) is 18.5 Å². The summed E-state index contributed by atoms with van der Waals surface area (Å²) in [6.07, 6.45) is 2.33. The van der Waals surface area contributed by atoms with Crippen LogP contribution in [0.15, 0.2) is 18.2 Å². The van der Waals surface area contributed by atoms with Crippen LogP contribution in [0, 0.1) is 11.7 Å². The summed E-state index contributed by atoms with van der Waals surface area (Å²) in [7, 11) is 0. The maximum Gasteiger partial charge on any atom is 0.143 e. The molecule has 1 aliphatic rings. The minimum atomic E-state index is -0.332. The van der Waals surface area contributed by atoms with Gasteiger partial charge in [-0.2, -0.15) is 0 Å². The molecule has 0 amide bonds. The lowest BCUT2D eigenvalue weighted by atomic mass is 10.1. The van der Waals surface area contributed by atoms with E-state index in [1.807, 2.05) is 6.07 Å². The van der Waals surface area contributed by atoms with E-state index in [-0.39, 0.29) is 10.8 Å². The molecule has 1 aromatic carbocycles. The molecule has 1 atom stereocenters. The van der Waals surface area contributed by atoms with Crippen molar-refractivity contribution in [2.45, 2.75) is 19.8 Å². The summed E-state index contributed by atoms with van der Waals surface area (Å²) >= 11 is 5.70. The molecule has 1 aliphatic heterocycles. The Labute approximate surface area is 113 Å². The van der Waals surface area contributed by atoms with Crippen LogP contribution in [-0.4, -0.2) is 26.2 Å². The number of nitrogens with one attached hydrogen (secondary N) is 1. The van der Waals surface area contributed by atoms with Gasteiger partial charge < -0.3 is 10.2 Å². The Hall–Kier alpha value is -0.800. The van der Waals surface area contributed by atoms with Crippen LogP contribution in [0.4, 0.5) is 10.1 Å². The number of hydrogen-bond acceptors (Lipinski definition) is 2. The summed E-state index contributed by atoms with van der Waals surface area (Å²) in [5, 5.41) is 3.64. The normalized spacial score (nSPS) is 19.5. The zero-order valence-electron chi connectivity index (χ0n) is 10.8. The number of nitrogens with zero attached hydrogens (tertiary/aromatic N) is 1. The Kier molecular flexibility index (Phi) is 4.84. The lowest BCUT2D eigenvalue weighted by molar-refractivity contribution is 0.516. The molecule has 1 aromatic rings. The summed E-state index contributed by atoms with van der Waals surface area (Å²) < 4.78 is 13.4. The fraction of sp³-hybridized carbons (Fsp3) is 0.571. The van der Waals surface area contributed by atoms with E-state index in [0.29, 0.717) is 5.92 Å². The van der Waals surface area contributed by atoms with Crippen LogP contribution in [-0.2, 0) is 0 Å². The molecule has 0 aromatic heterocycles. The topological polar surface area (TPSA) is 15.3 Å². The third-order valence-corrected chi connectivity index (χ3v) is 3.72. The van der Waals surface area contributed by atoms with Gasteiger partial charge in [0.2, 0.25) is 0 Å². The Bertz CT molecular complexity index is 397. The second-order valence-electron chi connectivity index (χ2n) is 4.90. The van der Waals surface area contributed by atoms with Gasteiger partial charge in [0.25, 0.3) is 0 Å². The largest absolute Gasteiger partial charge is 0.371 e. The molecule has 0 aliphatic carbocycles. The van der Waals surface area contributed by atoms with E-state index in [1.54, 1.807) is 6.07 Å². The molecule has 2 nitrogen and oxygen atoms in total. The van der Waals surface area contributed by atoms with E-state index in [4.69, 9.17) is 11.6 Å². The van der Waals surface area contributed by atoms with Crippen molar-refractivity contribution in [1.29, 1.82) is 0 Å². The van der Waals surface area contributed by atoms with E-state index in [0.717, 1.165) is 31.9 Å². The predicted molar refractivity (Wildman–Crippen MR) is 74.9 cm³/mol. The van der Waals surface area contributed by atoms with Gasteiger partial charge in [-0.3, -0.25) is 0 Å². The van der Waals surface area contributed by atoms with E-state index in [9.17, 15) is 4.39 Å². The molecule has 0 spiro atoms.